The molecule has 0 aliphatic carbocycles. The van der Waals surface area contributed by atoms with Gasteiger partial charge < -0.3 is 0 Å². The molecule has 0 aliphatic rings. The van der Waals surface area contributed by atoms with E-state index in [0.29, 0.717) is 0 Å². The minimum Gasteiger partial charge on any atom is -0.0900 e. The van der Waals surface area contributed by atoms with Gasteiger partial charge in [0.05, 0.1) is 0 Å². The molecule has 0 saturated carbocycles. The molecule has 0 heterocycles. The zero-order valence-corrected chi connectivity index (χ0v) is 14.6. The van der Waals surface area contributed by atoms with E-state index in [1.807, 2.05) is 36.4 Å². The van der Waals surface area contributed by atoms with E-state index >= 15 is 0 Å². The summed E-state index contributed by atoms with van der Waals surface area (Å²) in [5.41, 5.74) is 0. The van der Waals surface area contributed by atoms with Crippen molar-refractivity contribution in [2.45, 2.75) is 19.6 Å². The van der Waals surface area contributed by atoms with Crippen molar-refractivity contribution < 1.29 is 0 Å². The quantitative estimate of drug-likeness (QED) is 0.477. The molecule has 0 spiro atoms. The molecule has 0 radical (unpaired) electrons. The van der Waals surface area contributed by atoms with E-state index in [2.05, 4.69) is 36.4 Å². The minimum atomic E-state index is 0.762. The van der Waals surface area contributed by atoms with Crippen LogP contribution in [0.4, 0.5) is 0 Å². The molecule has 0 fully saturated rings. The summed E-state index contributed by atoms with van der Waals surface area (Å²) in [4.78, 5) is 4.67. The van der Waals surface area contributed by atoms with Crippen molar-refractivity contribution in [1.29, 1.82) is 0 Å². The Bertz CT molecular complexity index is 704. The summed E-state index contributed by atoms with van der Waals surface area (Å²) in [5, 5.41) is 1.52. The topological polar surface area (TPSA) is 0 Å². The summed E-state index contributed by atoms with van der Waals surface area (Å²) in [6.07, 6.45) is 0. The zero-order valence-electron chi connectivity index (χ0n) is 11.5. The maximum atomic E-state index is 6.01. The molecule has 0 nitrogen and oxygen atoms in total. The Hall–Kier alpha value is -1.06. The van der Waals surface area contributed by atoms with Crippen LogP contribution in [0.3, 0.4) is 0 Å². The van der Waals surface area contributed by atoms with E-state index in [1.165, 1.54) is 9.79 Å². The van der Waals surface area contributed by atoms with Crippen molar-refractivity contribution in [3.8, 4) is 0 Å². The van der Waals surface area contributed by atoms with Crippen molar-refractivity contribution in [3.05, 3.63) is 82.8 Å². The van der Waals surface area contributed by atoms with Gasteiger partial charge in [0.2, 0.25) is 0 Å². The SMILES string of the molecule is Clc1cccc(Sc2ccc(Sc3cccc(Cl)c3)cc2)c1. The fourth-order valence-electron chi connectivity index (χ4n) is 1.91. The second kappa shape index (κ2) is 7.47. The highest BCUT2D eigenvalue weighted by molar-refractivity contribution is 7.99. The van der Waals surface area contributed by atoms with Crippen LogP contribution in [-0.2, 0) is 0 Å². The molecule has 3 aromatic rings. The first-order chi connectivity index (χ1) is 10.7. The molecular formula is C18H12Cl2S2. The van der Waals surface area contributed by atoms with Gasteiger partial charge in [-0.05, 0) is 60.7 Å². The summed E-state index contributed by atoms with van der Waals surface area (Å²) in [7, 11) is 0. The van der Waals surface area contributed by atoms with E-state index in [1.54, 1.807) is 23.5 Å². The molecule has 0 amide bonds. The highest BCUT2D eigenvalue weighted by Crippen LogP contribution is 2.33. The van der Waals surface area contributed by atoms with Crippen molar-refractivity contribution >= 4 is 46.7 Å². The molecule has 3 rings (SSSR count). The third-order valence-corrected chi connectivity index (χ3v) is 5.35. The Labute approximate surface area is 148 Å². The first-order valence-electron chi connectivity index (χ1n) is 6.66. The first kappa shape index (κ1) is 15.8. The molecule has 0 saturated heterocycles. The largest absolute Gasteiger partial charge is 0.0900 e. The molecule has 0 aromatic heterocycles. The average molecular weight is 363 g/mol. The van der Waals surface area contributed by atoms with Crippen molar-refractivity contribution in [3.63, 3.8) is 0 Å². The van der Waals surface area contributed by atoms with Crippen LogP contribution in [0.15, 0.2) is 92.4 Å². The Morgan fingerprint density at radius 1 is 0.500 bits per heavy atom. The van der Waals surface area contributed by atoms with Crippen molar-refractivity contribution in [1.82, 2.24) is 0 Å². The lowest BCUT2D eigenvalue weighted by Gasteiger charge is -2.05. The van der Waals surface area contributed by atoms with E-state index in [-0.39, 0.29) is 0 Å². The summed E-state index contributed by atoms with van der Waals surface area (Å²) >= 11 is 15.4. The average Bonchev–Trinajstić information content (AvgIpc) is 2.49. The smallest absolute Gasteiger partial charge is 0.0417 e. The fraction of sp³-hybridized carbons (Fsp3) is 0. The van der Waals surface area contributed by atoms with Crippen LogP contribution in [-0.4, -0.2) is 0 Å². The van der Waals surface area contributed by atoms with Gasteiger partial charge in [-0.3, -0.25) is 0 Å². The highest BCUT2D eigenvalue weighted by atomic mass is 35.5. The van der Waals surface area contributed by atoms with E-state index in [4.69, 9.17) is 23.2 Å². The van der Waals surface area contributed by atoms with Gasteiger partial charge in [0.15, 0.2) is 0 Å². The van der Waals surface area contributed by atoms with Gasteiger partial charge in [-0.25, -0.2) is 0 Å². The van der Waals surface area contributed by atoms with Crippen LogP contribution in [0, 0.1) is 0 Å². The number of benzene rings is 3. The lowest BCUT2D eigenvalue weighted by atomic mass is 10.4. The summed E-state index contributed by atoms with van der Waals surface area (Å²) < 4.78 is 0. The van der Waals surface area contributed by atoms with Crippen LogP contribution < -0.4 is 0 Å². The molecular weight excluding hydrogens is 351 g/mol. The standard InChI is InChI=1S/C18H12Cl2S2/c19-13-3-1-5-17(11-13)21-15-7-9-16(10-8-15)22-18-6-2-4-14(20)12-18/h1-12H. The molecule has 110 valence electrons. The molecule has 0 bridgehead atoms. The van der Waals surface area contributed by atoms with Gasteiger partial charge in [-0.15, -0.1) is 0 Å². The van der Waals surface area contributed by atoms with Gasteiger partial charge in [0.1, 0.15) is 0 Å². The molecule has 0 aliphatic heterocycles. The highest BCUT2D eigenvalue weighted by Gasteiger charge is 2.01. The van der Waals surface area contributed by atoms with Crippen LogP contribution in [0.25, 0.3) is 0 Å². The Balaban J connectivity index is 1.70. The first-order valence-corrected chi connectivity index (χ1v) is 9.05. The lowest BCUT2D eigenvalue weighted by molar-refractivity contribution is 1.33. The molecule has 3 aromatic carbocycles. The molecule has 0 unspecified atom stereocenters. The number of hydrogen-bond acceptors (Lipinski definition) is 2. The normalized spacial score (nSPS) is 10.6. The van der Waals surface area contributed by atoms with Crippen LogP contribution >= 0.6 is 46.7 Å². The van der Waals surface area contributed by atoms with Crippen LogP contribution in [0.5, 0.6) is 0 Å². The predicted molar refractivity (Wildman–Crippen MR) is 97.6 cm³/mol. The molecule has 22 heavy (non-hydrogen) atoms. The monoisotopic (exact) mass is 362 g/mol. The van der Waals surface area contributed by atoms with Gasteiger partial charge in [-0.2, -0.15) is 0 Å². The van der Waals surface area contributed by atoms with Gasteiger partial charge >= 0.3 is 0 Å². The van der Waals surface area contributed by atoms with Gasteiger partial charge in [-0.1, -0.05) is 58.9 Å². The number of hydrogen-bond donors (Lipinski definition) is 0. The summed E-state index contributed by atoms with van der Waals surface area (Å²) in [6.45, 7) is 0. The molecule has 0 atom stereocenters. The summed E-state index contributed by atoms with van der Waals surface area (Å²) in [5.74, 6) is 0. The number of rotatable bonds is 4. The second-order valence-corrected chi connectivity index (χ2v) is 7.76. The van der Waals surface area contributed by atoms with E-state index in [9.17, 15) is 0 Å². The lowest BCUT2D eigenvalue weighted by Crippen LogP contribution is -1.76. The second-order valence-electron chi connectivity index (χ2n) is 4.59. The van der Waals surface area contributed by atoms with Gasteiger partial charge in [0, 0.05) is 29.6 Å². The van der Waals surface area contributed by atoms with Crippen molar-refractivity contribution in [2.75, 3.05) is 0 Å². The third-order valence-electron chi connectivity index (χ3n) is 2.89. The molecule has 4 heteroatoms. The van der Waals surface area contributed by atoms with Crippen LogP contribution in [0.1, 0.15) is 0 Å². The zero-order chi connectivity index (χ0) is 15.4. The van der Waals surface area contributed by atoms with E-state index in [0.717, 1.165) is 19.8 Å². The van der Waals surface area contributed by atoms with Gasteiger partial charge in [0.25, 0.3) is 0 Å². The Morgan fingerprint density at radius 2 is 0.909 bits per heavy atom. The number of halogens is 2. The minimum absolute atomic E-state index is 0.762. The Kier molecular flexibility index (Phi) is 5.37. The molecule has 0 N–H and O–H groups in total. The van der Waals surface area contributed by atoms with Crippen LogP contribution in [0.2, 0.25) is 10.0 Å². The predicted octanol–water partition coefficient (Wildman–Crippen LogP) is 7.30. The van der Waals surface area contributed by atoms with E-state index < -0.39 is 0 Å². The maximum absolute atomic E-state index is 6.01. The van der Waals surface area contributed by atoms with Crippen molar-refractivity contribution in [2.24, 2.45) is 0 Å². The Morgan fingerprint density at radius 3 is 1.27 bits per heavy atom. The third kappa shape index (κ3) is 4.47. The maximum Gasteiger partial charge on any atom is 0.0417 e. The fourth-order valence-corrected chi connectivity index (χ4v) is 4.17. The summed E-state index contributed by atoms with van der Waals surface area (Å²) in [6, 6.07) is 24.3.